The minimum Gasteiger partial charge on any atom is -0.486 e. The van der Waals surface area contributed by atoms with Crippen LogP contribution >= 0.6 is 0 Å². The van der Waals surface area contributed by atoms with Crippen LogP contribution in [0.5, 0.6) is 11.5 Å². The molecule has 1 N–H and O–H groups in total. The van der Waals surface area contributed by atoms with Gasteiger partial charge in [-0.05, 0) is 38.0 Å². The third-order valence-electron chi connectivity index (χ3n) is 8.99. The topological polar surface area (TPSA) is 106 Å². The number of carbonyl (C=O) groups is 1. The number of fused-ring (bicyclic) bond motifs is 6. The Bertz CT molecular complexity index is 1610. The molecule has 0 aliphatic carbocycles. The van der Waals surface area contributed by atoms with E-state index >= 15 is 0 Å². The average molecular weight is 547 g/mol. The van der Waals surface area contributed by atoms with Crippen LogP contribution in [-0.4, -0.2) is 75.9 Å². The summed E-state index contributed by atoms with van der Waals surface area (Å²) in [6.07, 6.45) is 0.108. The van der Waals surface area contributed by atoms with E-state index in [0.29, 0.717) is 59.8 Å². The van der Waals surface area contributed by atoms with E-state index in [2.05, 4.69) is 23.6 Å². The van der Waals surface area contributed by atoms with Crippen molar-refractivity contribution in [2.45, 2.75) is 58.5 Å². The fraction of sp³-hybridized carbons (Fsp3) is 0.500. The average Bonchev–Trinajstić information content (AvgIpc) is 3.33. The fourth-order valence-corrected chi connectivity index (χ4v) is 6.54. The van der Waals surface area contributed by atoms with Gasteiger partial charge in [-0.2, -0.15) is 0 Å². The molecule has 4 aliphatic heterocycles. The molecule has 6 heterocycles. The second-order valence-corrected chi connectivity index (χ2v) is 11.4. The van der Waals surface area contributed by atoms with Gasteiger partial charge in [-0.3, -0.25) is 14.6 Å². The highest BCUT2D eigenvalue weighted by Gasteiger charge is 2.45. The lowest BCUT2D eigenvalue weighted by Crippen LogP contribution is -2.48. The smallest absolute Gasteiger partial charge is 0.343 e. The van der Waals surface area contributed by atoms with Crippen molar-refractivity contribution in [3.8, 4) is 22.9 Å². The zero-order valence-corrected chi connectivity index (χ0v) is 23.2. The molecule has 0 amide bonds. The van der Waals surface area contributed by atoms with Gasteiger partial charge < -0.3 is 23.9 Å². The molecule has 1 aromatic carbocycles. The number of rotatable bonds is 4. The van der Waals surface area contributed by atoms with Crippen LogP contribution in [-0.2, 0) is 34.8 Å². The number of nitrogens with zero attached hydrogens (tertiary/aromatic N) is 4. The highest BCUT2D eigenvalue weighted by Crippen LogP contribution is 2.43. The maximum absolute atomic E-state index is 13.8. The first-order valence-corrected chi connectivity index (χ1v) is 14.2. The molecule has 40 heavy (non-hydrogen) atoms. The number of cyclic esters (lactones) is 1. The van der Waals surface area contributed by atoms with Gasteiger partial charge in [0.2, 0.25) is 0 Å². The van der Waals surface area contributed by atoms with Gasteiger partial charge in [-0.15, -0.1) is 0 Å². The molecule has 4 aliphatic rings. The van der Waals surface area contributed by atoms with Crippen LogP contribution in [0.4, 0.5) is 0 Å². The first-order chi connectivity index (χ1) is 19.3. The number of carbonyl (C=O) groups excluding carboxylic acids is 1. The van der Waals surface area contributed by atoms with Crippen LogP contribution < -0.4 is 15.0 Å². The molecular weight excluding hydrogens is 512 g/mol. The molecule has 10 heteroatoms. The van der Waals surface area contributed by atoms with Gasteiger partial charge in [-0.1, -0.05) is 6.92 Å². The van der Waals surface area contributed by atoms with Crippen molar-refractivity contribution < 1.29 is 24.1 Å². The van der Waals surface area contributed by atoms with Gasteiger partial charge >= 0.3 is 5.97 Å². The minimum atomic E-state index is -1.86. The van der Waals surface area contributed by atoms with Crippen molar-refractivity contribution in [3.05, 3.63) is 50.8 Å². The maximum atomic E-state index is 13.8. The Labute approximate surface area is 232 Å². The molecule has 1 fully saturated rings. The van der Waals surface area contributed by atoms with Gasteiger partial charge in [0.05, 0.1) is 29.0 Å². The molecule has 0 bridgehead atoms. The highest BCUT2D eigenvalue weighted by atomic mass is 16.6. The third kappa shape index (κ3) is 3.77. The van der Waals surface area contributed by atoms with E-state index in [-0.39, 0.29) is 18.6 Å². The predicted octanol–water partition coefficient (Wildman–Crippen LogP) is 2.38. The van der Waals surface area contributed by atoms with Gasteiger partial charge in [0.1, 0.15) is 19.8 Å². The summed E-state index contributed by atoms with van der Waals surface area (Å²) in [6, 6.07) is 6.23. The van der Waals surface area contributed by atoms with Crippen molar-refractivity contribution >= 4 is 16.9 Å². The first-order valence-electron chi connectivity index (χ1n) is 14.2. The number of pyridine rings is 2. The van der Waals surface area contributed by atoms with E-state index in [1.165, 1.54) is 0 Å². The molecule has 0 unspecified atom stereocenters. The van der Waals surface area contributed by atoms with Gasteiger partial charge in [0.25, 0.3) is 5.56 Å². The van der Waals surface area contributed by atoms with Crippen LogP contribution in [0.2, 0.25) is 0 Å². The molecule has 7 rings (SSSR count). The van der Waals surface area contributed by atoms with Crippen molar-refractivity contribution in [2.75, 3.05) is 39.4 Å². The number of benzene rings is 1. The quantitative estimate of drug-likeness (QED) is 0.386. The highest BCUT2D eigenvalue weighted by molar-refractivity contribution is 5.91. The summed E-state index contributed by atoms with van der Waals surface area (Å²) in [7, 11) is 0. The molecular formula is C30H34N4O6. The van der Waals surface area contributed by atoms with E-state index in [4.69, 9.17) is 19.2 Å². The van der Waals surface area contributed by atoms with E-state index in [1.807, 2.05) is 12.1 Å². The second-order valence-electron chi connectivity index (χ2n) is 11.4. The summed E-state index contributed by atoms with van der Waals surface area (Å²) in [6.45, 7) is 12.0. The Morgan fingerprint density at radius 2 is 1.73 bits per heavy atom. The number of aliphatic hydroxyl groups is 1. The third-order valence-corrected chi connectivity index (χ3v) is 8.99. The van der Waals surface area contributed by atoms with Crippen LogP contribution in [0.3, 0.4) is 0 Å². The molecule has 3 aromatic rings. The van der Waals surface area contributed by atoms with Gasteiger partial charge in [-0.25, -0.2) is 9.78 Å². The molecule has 0 radical (unpaired) electrons. The van der Waals surface area contributed by atoms with Crippen LogP contribution in [0.1, 0.15) is 49.4 Å². The summed E-state index contributed by atoms with van der Waals surface area (Å²) in [5.74, 6) is 0.645. The Morgan fingerprint density at radius 1 is 1.00 bits per heavy atom. The standard InChI is InChI=1S/C30H34N4O6/c1-4-30(37)22-12-24-27-20(15-34(24)28(35)21(22)16-40-29(30)36)19(14-32-5-7-33(8-6-32)17(2)3)18-11-25-26(13-23(18)31-27)39-10-9-38-25/h11-13,17,37H,4-10,14-16H2,1-3H3/t30-/m0/s1. The van der Waals surface area contributed by atoms with E-state index in [1.54, 1.807) is 17.6 Å². The number of esters is 1. The minimum absolute atomic E-state index is 0.108. The Kier molecular flexibility index (Phi) is 5.92. The first kappa shape index (κ1) is 25.5. The zero-order chi connectivity index (χ0) is 27.8. The summed E-state index contributed by atoms with van der Waals surface area (Å²) in [5, 5.41) is 12.2. The number of hydrogen-bond donors (Lipinski definition) is 1. The number of aromatic nitrogens is 2. The lowest BCUT2D eigenvalue weighted by atomic mass is 9.86. The molecule has 10 nitrogen and oxygen atoms in total. The molecule has 0 spiro atoms. The second kappa shape index (κ2) is 9.29. The summed E-state index contributed by atoms with van der Waals surface area (Å²) >= 11 is 0. The van der Waals surface area contributed by atoms with Crippen LogP contribution in [0.25, 0.3) is 22.3 Å². The number of piperazine rings is 1. The largest absolute Gasteiger partial charge is 0.486 e. The molecule has 1 saturated heterocycles. The molecule has 2 aromatic heterocycles. The Balaban J connectivity index is 1.39. The van der Waals surface area contributed by atoms with Crippen LogP contribution in [0, 0.1) is 0 Å². The molecule has 1 atom stereocenters. The van der Waals surface area contributed by atoms with Crippen LogP contribution in [0.15, 0.2) is 23.0 Å². The maximum Gasteiger partial charge on any atom is 0.343 e. The summed E-state index contributed by atoms with van der Waals surface area (Å²) < 4.78 is 18.7. The van der Waals surface area contributed by atoms with Crippen molar-refractivity contribution in [1.29, 1.82) is 0 Å². The predicted molar refractivity (Wildman–Crippen MR) is 148 cm³/mol. The lowest BCUT2D eigenvalue weighted by molar-refractivity contribution is -0.172. The number of ether oxygens (including phenoxy) is 3. The van der Waals surface area contributed by atoms with Crippen molar-refractivity contribution in [2.24, 2.45) is 0 Å². The van der Waals surface area contributed by atoms with Crippen molar-refractivity contribution in [3.63, 3.8) is 0 Å². The van der Waals surface area contributed by atoms with Gasteiger partial charge in [0, 0.05) is 61.3 Å². The summed E-state index contributed by atoms with van der Waals surface area (Å²) in [4.78, 5) is 36.4. The van der Waals surface area contributed by atoms with E-state index in [9.17, 15) is 14.7 Å². The summed E-state index contributed by atoms with van der Waals surface area (Å²) in [5.41, 5.74) is 2.74. The van der Waals surface area contributed by atoms with Crippen molar-refractivity contribution in [1.82, 2.24) is 19.4 Å². The lowest BCUT2D eigenvalue weighted by Gasteiger charge is -2.37. The SMILES string of the molecule is CC[C@@]1(O)C(=O)OCc2c1cc1n(c2=O)Cc2c-1nc1cc3c(cc1c2CN1CCN(C(C)C)CC1)OCCO3. The van der Waals surface area contributed by atoms with E-state index < -0.39 is 11.6 Å². The Hall–Kier alpha value is -3.47. The van der Waals surface area contributed by atoms with E-state index in [0.717, 1.165) is 54.8 Å². The zero-order valence-electron chi connectivity index (χ0n) is 23.2. The fourth-order valence-electron chi connectivity index (χ4n) is 6.54. The monoisotopic (exact) mass is 546 g/mol. The molecule has 0 saturated carbocycles. The normalized spacial score (nSPS) is 22.3. The Morgan fingerprint density at radius 3 is 2.42 bits per heavy atom. The van der Waals surface area contributed by atoms with Gasteiger partial charge in [0.15, 0.2) is 17.1 Å². The number of hydrogen-bond acceptors (Lipinski definition) is 9. The molecule has 210 valence electrons.